The van der Waals surface area contributed by atoms with Gasteiger partial charge in [0.05, 0.1) is 12.1 Å². The quantitative estimate of drug-likeness (QED) is 0.766. The summed E-state index contributed by atoms with van der Waals surface area (Å²) < 4.78 is 1.97. The Bertz CT molecular complexity index is 357. The number of nitrogens with zero attached hydrogens (tertiary/aromatic N) is 2. The molecular formula is C10H14N2O2. The van der Waals surface area contributed by atoms with Crippen LogP contribution in [0.2, 0.25) is 0 Å². The van der Waals surface area contributed by atoms with Crippen molar-refractivity contribution in [3.8, 4) is 0 Å². The molecule has 0 amide bonds. The van der Waals surface area contributed by atoms with Crippen molar-refractivity contribution in [2.24, 2.45) is 5.92 Å². The summed E-state index contributed by atoms with van der Waals surface area (Å²) in [5, 5.41) is 13.1. The third-order valence-electron chi connectivity index (χ3n) is 2.88. The van der Waals surface area contributed by atoms with Crippen LogP contribution in [0.5, 0.6) is 0 Å². The van der Waals surface area contributed by atoms with Gasteiger partial charge in [0.15, 0.2) is 0 Å². The van der Waals surface area contributed by atoms with Crippen molar-refractivity contribution in [3.05, 3.63) is 17.5 Å². The van der Waals surface area contributed by atoms with E-state index in [1.54, 1.807) is 0 Å². The Balaban J connectivity index is 2.24. The molecule has 14 heavy (non-hydrogen) atoms. The second-order valence-corrected chi connectivity index (χ2v) is 3.71. The number of hydrogen-bond donors (Lipinski definition) is 1. The second-order valence-electron chi connectivity index (χ2n) is 3.71. The van der Waals surface area contributed by atoms with Crippen molar-refractivity contribution in [2.45, 2.75) is 32.7 Å². The predicted molar refractivity (Wildman–Crippen MR) is 51.1 cm³/mol. The monoisotopic (exact) mass is 194 g/mol. The Morgan fingerprint density at radius 3 is 3.21 bits per heavy atom. The van der Waals surface area contributed by atoms with E-state index in [0.717, 1.165) is 24.9 Å². The van der Waals surface area contributed by atoms with Gasteiger partial charge in [-0.1, -0.05) is 0 Å². The molecule has 0 saturated heterocycles. The van der Waals surface area contributed by atoms with Gasteiger partial charge in [-0.15, -0.1) is 0 Å². The van der Waals surface area contributed by atoms with Gasteiger partial charge >= 0.3 is 5.97 Å². The second kappa shape index (κ2) is 3.44. The van der Waals surface area contributed by atoms with E-state index in [9.17, 15) is 4.79 Å². The molecular weight excluding hydrogens is 180 g/mol. The van der Waals surface area contributed by atoms with Crippen LogP contribution in [0.25, 0.3) is 0 Å². The first-order valence-corrected chi connectivity index (χ1v) is 4.98. The van der Waals surface area contributed by atoms with Gasteiger partial charge in [0.2, 0.25) is 0 Å². The Kier molecular flexibility index (Phi) is 2.27. The summed E-state index contributed by atoms with van der Waals surface area (Å²) in [4.78, 5) is 10.8. The highest BCUT2D eigenvalue weighted by Gasteiger charge is 2.26. The molecule has 1 aromatic rings. The van der Waals surface area contributed by atoms with E-state index < -0.39 is 5.97 Å². The number of carboxylic acids is 1. The van der Waals surface area contributed by atoms with E-state index >= 15 is 0 Å². The maximum atomic E-state index is 10.8. The summed E-state index contributed by atoms with van der Waals surface area (Å²) in [6.45, 7) is 2.92. The van der Waals surface area contributed by atoms with E-state index in [1.807, 2.05) is 10.9 Å². The number of fused-ring (bicyclic) bond motifs is 1. The molecule has 1 aromatic heterocycles. The summed E-state index contributed by atoms with van der Waals surface area (Å²) in [5.41, 5.74) is 2.34. The van der Waals surface area contributed by atoms with Crippen LogP contribution in [-0.4, -0.2) is 20.9 Å². The van der Waals surface area contributed by atoms with Crippen LogP contribution in [0.3, 0.4) is 0 Å². The van der Waals surface area contributed by atoms with Gasteiger partial charge in [-0.2, -0.15) is 5.10 Å². The zero-order valence-corrected chi connectivity index (χ0v) is 8.23. The van der Waals surface area contributed by atoms with Gasteiger partial charge in [0, 0.05) is 12.2 Å². The fourth-order valence-electron chi connectivity index (χ4n) is 2.07. The summed E-state index contributed by atoms with van der Waals surface area (Å²) in [7, 11) is 0. The predicted octanol–water partition coefficient (Wildman–Crippen LogP) is 1.09. The highest BCUT2D eigenvalue weighted by molar-refractivity contribution is 5.70. The average molecular weight is 194 g/mol. The van der Waals surface area contributed by atoms with E-state index in [-0.39, 0.29) is 5.92 Å². The van der Waals surface area contributed by atoms with Crippen LogP contribution in [0.15, 0.2) is 6.20 Å². The average Bonchev–Trinajstić information content (AvgIpc) is 2.59. The van der Waals surface area contributed by atoms with Crippen molar-refractivity contribution in [3.63, 3.8) is 0 Å². The Morgan fingerprint density at radius 2 is 2.57 bits per heavy atom. The minimum atomic E-state index is -0.681. The summed E-state index contributed by atoms with van der Waals surface area (Å²) >= 11 is 0. The van der Waals surface area contributed by atoms with Crippen LogP contribution in [-0.2, 0) is 24.2 Å². The molecule has 2 rings (SSSR count). The lowest BCUT2D eigenvalue weighted by Crippen LogP contribution is -2.22. The first-order chi connectivity index (χ1) is 6.72. The number of aromatic nitrogens is 2. The topological polar surface area (TPSA) is 55.1 Å². The Morgan fingerprint density at radius 1 is 1.79 bits per heavy atom. The molecule has 1 atom stereocenters. The standard InChI is InChI=1S/C10H14N2O2/c1-2-12-9-4-3-7(10(13)14)5-8(9)6-11-12/h6-7H,2-5H2,1H3,(H,13,14). The molecule has 0 aromatic carbocycles. The molecule has 1 unspecified atom stereocenters. The molecule has 1 aliphatic carbocycles. The van der Waals surface area contributed by atoms with Crippen molar-refractivity contribution in [2.75, 3.05) is 0 Å². The lowest BCUT2D eigenvalue weighted by Gasteiger charge is -2.19. The van der Waals surface area contributed by atoms with Crippen LogP contribution >= 0.6 is 0 Å². The van der Waals surface area contributed by atoms with Crippen LogP contribution in [0, 0.1) is 5.92 Å². The summed E-state index contributed by atoms with van der Waals surface area (Å²) in [6, 6.07) is 0. The highest BCUT2D eigenvalue weighted by atomic mass is 16.4. The maximum absolute atomic E-state index is 10.8. The number of carboxylic acid groups (broad SMARTS) is 1. The number of hydrogen-bond acceptors (Lipinski definition) is 2. The number of aliphatic carboxylic acids is 1. The minimum Gasteiger partial charge on any atom is -0.481 e. The molecule has 4 heteroatoms. The first-order valence-electron chi connectivity index (χ1n) is 4.98. The Labute approximate surface area is 82.5 Å². The van der Waals surface area contributed by atoms with Crippen molar-refractivity contribution >= 4 is 5.97 Å². The van der Waals surface area contributed by atoms with Crippen LogP contribution in [0.1, 0.15) is 24.6 Å². The summed E-state index contributed by atoms with van der Waals surface area (Å²) in [6.07, 6.45) is 4.05. The number of rotatable bonds is 2. The lowest BCUT2D eigenvalue weighted by atomic mass is 9.88. The minimum absolute atomic E-state index is 0.211. The molecule has 1 aliphatic rings. The van der Waals surface area contributed by atoms with Gasteiger partial charge in [-0.05, 0) is 31.7 Å². The zero-order valence-electron chi connectivity index (χ0n) is 8.23. The van der Waals surface area contributed by atoms with E-state index in [2.05, 4.69) is 12.0 Å². The molecule has 0 aliphatic heterocycles. The fourth-order valence-corrected chi connectivity index (χ4v) is 2.07. The number of carbonyl (C=O) groups is 1. The van der Waals surface area contributed by atoms with E-state index in [4.69, 9.17) is 5.11 Å². The van der Waals surface area contributed by atoms with Gasteiger partial charge in [0.1, 0.15) is 0 Å². The number of aryl methyl sites for hydroxylation is 1. The molecule has 1 heterocycles. The molecule has 0 spiro atoms. The molecule has 1 N–H and O–H groups in total. The van der Waals surface area contributed by atoms with E-state index in [0.29, 0.717) is 6.42 Å². The zero-order chi connectivity index (χ0) is 10.1. The smallest absolute Gasteiger partial charge is 0.306 e. The lowest BCUT2D eigenvalue weighted by molar-refractivity contribution is -0.142. The van der Waals surface area contributed by atoms with E-state index in [1.165, 1.54) is 5.69 Å². The molecule has 0 saturated carbocycles. The van der Waals surface area contributed by atoms with Gasteiger partial charge in [-0.25, -0.2) is 0 Å². The molecule has 0 fully saturated rings. The fraction of sp³-hybridized carbons (Fsp3) is 0.600. The maximum Gasteiger partial charge on any atom is 0.306 e. The third kappa shape index (κ3) is 1.41. The van der Waals surface area contributed by atoms with Crippen LogP contribution in [0.4, 0.5) is 0 Å². The largest absolute Gasteiger partial charge is 0.481 e. The Hall–Kier alpha value is -1.32. The molecule has 0 bridgehead atoms. The van der Waals surface area contributed by atoms with Gasteiger partial charge in [-0.3, -0.25) is 9.48 Å². The van der Waals surface area contributed by atoms with Gasteiger partial charge in [0.25, 0.3) is 0 Å². The summed E-state index contributed by atoms with van der Waals surface area (Å²) in [5.74, 6) is -0.892. The van der Waals surface area contributed by atoms with Crippen LogP contribution < -0.4 is 0 Å². The van der Waals surface area contributed by atoms with Crippen molar-refractivity contribution in [1.29, 1.82) is 0 Å². The molecule has 4 nitrogen and oxygen atoms in total. The van der Waals surface area contributed by atoms with Gasteiger partial charge < -0.3 is 5.11 Å². The molecule has 0 radical (unpaired) electrons. The normalized spacial score (nSPS) is 20.5. The van der Waals surface area contributed by atoms with Crippen molar-refractivity contribution in [1.82, 2.24) is 9.78 Å². The SMILES string of the molecule is CCn1ncc2c1CCC(C(=O)O)C2. The molecule has 76 valence electrons. The van der Waals surface area contributed by atoms with Crippen molar-refractivity contribution < 1.29 is 9.90 Å². The first kappa shape index (κ1) is 9.24. The third-order valence-corrected chi connectivity index (χ3v) is 2.88. The highest BCUT2D eigenvalue weighted by Crippen LogP contribution is 2.25.